The molecule has 3 saturated carbocycles. The quantitative estimate of drug-likeness (QED) is 0.777. The third-order valence-electron chi connectivity index (χ3n) is 5.76. The number of rotatable bonds is 5. The summed E-state index contributed by atoms with van der Waals surface area (Å²) in [5, 5.41) is 17.2. The molecule has 7 nitrogen and oxygen atoms in total. The summed E-state index contributed by atoms with van der Waals surface area (Å²) in [6.45, 7) is 2.15. The zero-order valence-electron chi connectivity index (χ0n) is 14.7. The van der Waals surface area contributed by atoms with E-state index in [1.807, 2.05) is 13.0 Å². The first-order chi connectivity index (χ1) is 12.6. The molecule has 3 aliphatic rings. The van der Waals surface area contributed by atoms with Crippen LogP contribution in [0.1, 0.15) is 38.2 Å². The number of carbonyl (C=O) groups excluding carboxylic acids is 1. The number of hydrogen-bond acceptors (Lipinski definition) is 6. The van der Waals surface area contributed by atoms with Crippen molar-refractivity contribution >= 4 is 28.9 Å². The largest absolute Gasteiger partial charge is 0.466 e. The van der Waals surface area contributed by atoms with E-state index in [9.17, 15) is 9.90 Å². The number of aliphatic hydroxyl groups excluding tert-OH is 1. The number of carbonyl (C=O) groups is 1. The number of aliphatic hydroxyl groups is 1. The lowest BCUT2D eigenvalue weighted by Crippen LogP contribution is -2.52. The number of hydrogen-bond donors (Lipinski definition) is 2. The third kappa shape index (κ3) is 3.03. The summed E-state index contributed by atoms with van der Waals surface area (Å²) in [5.41, 5.74) is 1.47. The van der Waals surface area contributed by atoms with Gasteiger partial charge in [-0.3, -0.25) is 4.79 Å². The van der Waals surface area contributed by atoms with Gasteiger partial charge in [0.15, 0.2) is 5.82 Å². The second-order valence-electron chi connectivity index (χ2n) is 7.19. The van der Waals surface area contributed by atoms with Gasteiger partial charge in [-0.25, -0.2) is 4.52 Å². The number of ether oxygens (including phenoxy) is 1. The average molecular weight is 379 g/mol. The molecule has 5 rings (SSSR count). The molecule has 2 aromatic heterocycles. The monoisotopic (exact) mass is 378 g/mol. The Kier molecular flexibility index (Phi) is 4.75. The van der Waals surface area contributed by atoms with Crippen LogP contribution in [0.2, 0.25) is 5.28 Å². The number of nitrogens with zero attached hydrogens (tertiary/aromatic N) is 3. The highest BCUT2D eigenvalue weighted by Gasteiger charge is 2.48. The molecule has 2 atom stereocenters. The van der Waals surface area contributed by atoms with Gasteiger partial charge in [0.1, 0.15) is 5.52 Å². The van der Waals surface area contributed by atoms with Gasteiger partial charge in [-0.05, 0) is 67.7 Å². The van der Waals surface area contributed by atoms with Gasteiger partial charge in [0.2, 0.25) is 5.28 Å². The lowest BCUT2D eigenvalue weighted by molar-refractivity contribution is -0.154. The minimum atomic E-state index is -0.163. The first kappa shape index (κ1) is 17.5. The average Bonchev–Trinajstić information content (AvgIpc) is 3.06. The van der Waals surface area contributed by atoms with E-state index in [1.54, 1.807) is 10.7 Å². The van der Waals surface area contributed by atoms with Crippen LogP contribution >= 0.6 is 11.6 Å². The van der Waals surface area contributed by atoms with Crippen LogP contribution < -0.4 is 5.32 Å². The van der Waals surface area contributed by atoms with Crippen LogP contribution in [0, 0.1) is 17.8 Å². The molecule has 0 saturated heterocycles. The molecule has 2 bridgehead atoms. The molecule has 0 radical (unpaired) electrons. The first-order valence-corrected chi connectivity index (χ1v) is 9.57. The molecule has 2 aromatic rings. The fraction of sp³-hybridized carbons (Fsp3) is 0.611. The van der Waals surface area contributed by atoms with E-state index >= 15 is 0 Å². The molecule has 8 heteroatoms. The van der Waals surface area contributed by atoms with Crippen LogP contribution in [0.15, 0.2) is 12.3 Å². The fourth-order valence-electron chi connectivity index (χ4n) is 4.61. The molecule has 140 valence electrons. The van der Waals surface area contributed by atoms with E-state index < -0.39 is 0 Å². The number of fused-ring (bicyclic) bond motifs is 4. The Labute approximate surface area is 156 Å². The van der Waals surface area contributed by atoms with Crippen LogP contribution in [0.4, 0.5) is 5.82 Å². The van der Waals surface area contributed by atoms with Crippen molar-refractivity contribution in [1.82, 2.24) is 14.6 Å². The predicted molar refractivity (Wildman–Crippen MR) is 96.9 cm³/mol. The van der Waals surface area contributed by atoms with Crippen molar-refractivity contribution in [3.63, 3.8) is 0 Å². The van der Waals surface area contributed by atoms with Crippen molar-refractivity contribution < 1.29 is 14.6 Å². The highest BCUT2D eigenvalue weighted by atomic mass is 35.5. The topological polar surface area (TPSA) is 88.8 Å². The van der Waals surface area contributed by atoms with Gasteiger partial charge in [-0.15, -0.1) is 5.10 Å². The molecule has 0 spiro atoms. The number of halogens is 1. The van der Waals surface area contributed by atoms with Gasteiger partial charge in [0, 0.05) is 12.2 Å². The van der Waals surface area contributed by atoms with E-state index in [-0.39, 0.29) is 29.8 Å². The molecule has 0 aromatic carbocycles. The Bertz CT molecular complexity index is 816. The lowest BCUT2D eigenvalue weighted by atomic mass is 9.61. The smallest absolute Gasteiger partial charge is 0.311 e. The van der Waals surface area contributed by atoms with Crippen LogP contribution in [0.3, 0.4) is 0 Å². The maximum atomic E-state index is 12.6. The zero-order valence-corrected chi connectivity index (χ0v) is 15.4. The van der Waals surface area contributed by atoms with Crippen LogP contribution in [-0.2, 0) is 16.1 Å². The molecule has 3 fully saturated rings. The molecule has 3 aliphatic carbocycles. The number of anilines is 1. The molecule has 0 amide bonds. The van der Waals surface area contributed by atoms with Crippen molar-refractivity contribution in [3.05, 3.63) is 23.1 Å². The Balaban J connectivity index is 1.69. The van der Waals surface area contributed by atoms with Crippen LogP contribution in [0.5, 0.6) is 0 Å². The second-order valence-corrected chi connectivity index (χ2v) is 7.53. The summed E-state index contributed by atoms with van der Waals surface area (Å²) in [6, 6.07) is 1.81. The van der Waals surface area contributed by atoms with Gasteiger partial charge in [-0.1, -0.05) is 0 Å². The van der Waals surface area contributed by atoms with Crippen molar-refractivity contribution in [1.29, 1.82) is 0 Å². The predicted octanol–water partition coefficient (Wildman–Crippen LogP) is 2.65. The lowest BCUT2D eigenvalue weighted by Gasteiger charge is -2.47. The number of esters is 1. The van der Waals surface area contributed by atoms with E-state index in [4.69, 9.17) is 16.3 Å². The molecule has 2 N–H and O–H groups in total. The highest BCUT2D eigenvalue weighted by molar-refractivity contribution is 6.28. The summed E-state index contributed by atoms with van der Waals surface area (Å²) < 4.78 is 6.97. The van der Waals surface area contributed by atoms with E-state index in [2.05, 4.69) is 15.4 Å². The van der Waals surface area contributed by atoms with Crippen LogP contribution in [0.25, 0.3) is 5.52 Å². The zero-order chi connectivity index (χ0) is 18.3. The van der Waals surface area contributed by atoms with Gasteiger partial charge in [-0.2, -0.15) is 4.98 Å². The standard InChI is InChI=1S/C18H23ClN4O3/c1-2-26-17(25)14-11-3-5-12(6-4-11)15(14)20-16-13-7-10(9-24)8-23(13)22-18(19)21-16/h7-8,11-12,14-15,24H,2-6,9H2,1H3,(H,20,21,22). The summed E-state index contributed by atoms with van der Waals surface area (Å²) in [5.74, 6) is 1.07. The molecule has 0 aliphatic heterocycles. The second kappa shape index (κ2) is 7.04. The van der Waals surface area contributed by atoms with E-state index in [1.165, 1.54) is 0 Å². The number of aromatic nitrogens is 3. The normalized spacial score (nSPS) is 27.7. The van der Waals surface area contributed by atoms with Gasteiger partial charge in [0.25, 0.3) is 0 Å². The summed E-state index contributed by atoms with van der Waals surface area (Å²) >= 11 is 6.08. The Morgan fingerprint density at radius 2 is 2.12 bits per heavy atom. The molecule has 2 unspecified atom stereocenters. The third-order valence-corrected chi connectivity index (χ3v) is 5.92. The highest BCUT2D eigenvalue weighted by Crippen LogP contribution is 2.46. The molecular weight excluding hydrogens is 356 g/mol. The first-order valence-electron chi connectivity index (χ1n) is 9.19. The summed E-state index contributed by atoms with van der Waals surface area (Å²) in [4.78, 5) is 17.0. The maximum absolute atomic E-state index is 12.6. The Hall–Kier alpha value is -1.86. The maximum Gasteiger partial charge on any atom is 0.311 e. The summed E-state index contributed by atoms with van der Waals surface area (Å²) in [6.07, 6.45) is 6.09. The van der Waals surface area contributed by atoms with Gasteiger partial charge in [0.05, 0.1) is 19.1 Å². The molecular formula is C18H23ClN4O3. The SMILES string of the molecule is CCOC(=O)C1C2CCC(CC2)C1Nc1nc(Cl)nn2cc(CO)cc12. The number of nitrogens with one attached hydrogen (secondary N) is 1. The van der Waals surface area contributed by atoms with Crippen molar-refractivity contribution in [2.45, 2.75) is 45.3 Å². The molecule has 26 heavy (non-hydrogen) atoms. The van der Waals surface area contributed by atoms with Crippen LogP contribution in [-0.4, -0.2) is 38.3 Å². The van der Waals surface area contributed by atoms with Gasteiger partial charge < -0.3 is 15.2 Å². The Morgan fingerprint density at radius 1 is 1.38 bits per heavy atom. The van der Waals surface area contributed by atoms with Crippen molar-refractivity contribution in [2.75, 3.05) is 11.9 Å². The van der Waals surface area contributed by atoms with E-state index in [0.717, 1.165) is 36.8 Å². The molecule has 2 heterocycles. The minimum absolute atomic E-state index is 0.0243. The van der Waals surface area contributed by atoms with Crippen molar-refractivity contribution in [2.24, 2.45) is 17.8 Å². The minimum Gasteiger partial charge on any atom is -0.466 e. The van der Waals surface area contributed by atoms with E-state index in [0.29, 0.717) is 24.3 Å². The van der Waals surface area contributed by atoms with Crippen molar-refractivity contribution in [3.8, 4) is 0 Å². The fourth-order valence-corrected chi connectivity index (χ4v) is 4.78. The Morgan fingerprint density at radius 3 is 2.81 bits per heavy atom. The summed E-state index contributed by atoms with van der Waals surface area (Å²) in [7, 11) is 0. The van der Waals surface area contributed by atoms with Gasteiger partial charge >= 0.3 is 5.97 Å².